The second-order valence-corrected chi connectivity index (χ2v) is 7.15. The van der Waals surface area contributed by atoms with E-state index in [4.69, 9.17) is 25.8 Å². The highest BCUT2D eigenvalue weighted by atomic mass is 35.5. The zero-order valence-corrected chi connectivity index (χ0v) is 17.9. The molecule has 0 heterocycles. The number of alkyl halides is 2. The molecular formula is C21H24ClF2NO5. The third-order valence-electron chi connectivity index (χ3n) is 3.95. The Kier molecular flexibility index (Phi) is 8.53. The number of rotatable bonds is 10. The van der Waals surface area contributed by atoms with E-state index in [-0.39, 0.29) is 23.1 Å². The third-order valence-corrected chi connectivity index (χ3v) is 4.23. The van der Waals surface area contributed by atoms with Crippen molar-refractivity contribution in [1.82, 2.24) is 5.32 Å². The molecule has 2 rings (SSSR count). The van der Waals surface area contributed by atoms with Crippen LogP contribution < -0.4 is 24.3 Å². The van der Waals surface area contributed by atoms with E-state index >= 15 is 0 Å². The summed E-state index contributed by atoms with van der Waals surface area (Å²) in [5, 5.41) is 3.00. The van der Waals surface area contributed by atoms with Gasteiger partial charge in [0, 0.05) is 12.1 Å². The molecule has 0 saturated carbocycles. The van der Waals surface area contributed by atoms with Crippen molar-refractivity contribution < 1.29 is 32.5 Å². The molecule has 0 aliphatic rings. The first-order chi connectivity index (χ1) is 14.2. The van der Waals surface area contributed by atoms with Crippen molar-refractivity contribution in [3.05, 3.63) is 46.5 Å². The predicted molar refractivity (Wildman–Crippen MR) is 109 cm³/mol. The molecule has 0 aliphatic heterocycles. The summed E-state index contributed by atoms with van der Waals surface area (Å²) in [6.45, 7) is 1.63. The molecule has 0 aliphatic carbocycles. The maximum atomic E-state index is 12.6. The molecule has 0 spiro atoms. The summed E-state index contributed by atoms with van der Waals surface area (Å²) >= 11 is 6.28. The van der Waals surface area contributed by atoms with Gasteiger partial charge in [0.15, 0.2) is 23.0 Å². The van der Waals surface area contributed by atoms with Crippen molar-refractivity contribution in [3.8, 4) is 23.0 Å². The minimum Gasteiger partial charge on any atom is -0.493 e. The van der Waals surface area contributed by atoms with E-state index < -0.39 is 12.5 Å². The molecule has 0 aromatic heterocycles. The number of ether oxygens (including phenoxy) is 4. The van der Waals surface area contributed by atoms with Crippen LogP contribution in [0.25, 0.3) is 0 Å². The quantitative estimate of drug-likeness (QED) is 0.564. The average Bonchev–Trinajstić information content (AvgIpc) is 2.70. The summed E-state index contributed by atoms with van der Waals surface area (Å²) in [7, 11) is 2.80. The van der Waals surface area contributed by atoms with Crippen LogP contribution in [0.15, 0.2) is 30.3 Å². The van der Waals surface area contributed by atoms with Crippen LogP contribution in [0.3, 0.4) is 0 Å². The summed E-state index contributed by atoms with van der Waals surface area (Å²) in [5.41, 5.74) is 0.926. The minimum absolute atomic E-state index is 0.0870. The van der Waals surface area contributed by atoms with Crippen molar-refractivity contribution in [1.29, 1.82) is 0 Å². The Labute approximate surface area is 179 Å². The number of benzene rings is 2. The highest BCUT2D eigenvalue weighted by Crippen LogP contribution is 2.37. The lowest BCUT2D eigenvalue weighted by Gasteiger charge is -2.15. The maximum Gasteiger partial charge on any atom is 0.387 e. The smallest absolute Gasteiger partial charge is 0.387 e. The van der Waals surface area contributed by atoms with E-state index in [1.807, 2.05) is 13.8 Å². The molecule has 164 valence electrons. The second kappa shape index (κ2) is 10.9. The fraction of sp³-hybridized carbons (Fsp3) is 0.381. The van der Waals surface area contributed by atoms with E-state index in [9.17, 15) is 13.6 Å². The van der Waals surface area contributed by atoms with Crippen molar-refractivity contribution >= 4 is 17.5 Å². The fourth-order valence-electron chi connectivity index (χ4n) is 2.54. The van der Waals surface area contributed by atoms with E-state index in [0.29, 0.717) is 35.2 Å². The molecule has 9 heteroatoms. The summed E-state index contributed by atoms with van der Waals surface area (Å²) in [5.74, 6) is 0.683. The van der Waals surface area contributed by atoms with Gasteiger partial charge in [-0.15, -0.1) is 0 Å². The number of nitrogens with one attached hydrogen (secondary N) is 1. The van der Waals surface area contributed by atoms with Gasteiger partial charge in [0.1, 0.15) is 0 Å². The molecule has 0 unspecified atom stereocenters. The van der Waals surface area contributed by atoms with Gasteiger partial charge in [0.2, 0.25) is 0 Å². The van der Waals surface area contributed by atoms with Gasteiger partial charge in [-0.05, 0) is 35.7 Å². The first-order valence-electron chi connectivity index (χ1n) is 9.15. The Morgan fingerprint density at radius 3 is 2.37 bits per heavy atom. The van der Waals surface area contributed by atoms with E-state index in [0.717, 1.165) is 0 Å². The van der Waals surface area contributed by atoms with Gasteiger partial charge in [-0.3, -0.25) is 4.79 Å². The van der Waals surface area contributed by atoms with Gasteiger partial charge in [-0.25, -0.2) is 0 Å². The van der Waals surface area contributed by atoms with Crippen LogP contribution in [0.5, 0.6) is 23.0 Å². The monoisotopic (exact) mass is 443 g/mol. The summed E-state index contributed by atoms with van der Waals surface area (Å²) in [4.78, 5) is 12.6. The van der Waals surface area contributed by atoms with Crippen LogP contribution in [0.4, 0.5) is 8.78 Å². The first-order valence-corrected chi connectivity index (χ1v) is 9.53. The lowest BCUT2D eigenvalue weighted by Crippen LogP contribution is -2.23. The van der Waals surface area contributed by atoms with Gasteiger partial charge < -0.3 is 24.3 Å². The zero-order chi connectivity index (χ0) is 22.3. The fourth-order valence-corrected chi connectivity index (χ4v) is 2.81. The van der Waals surface area contributed by atoms with Crippen molar-refractivity contribution in [2.45, 2.75) is 27.0 Å². The summed E-state index contributed by atoms with van der Waals surface area (Å²) < 4.78 is 45.3. The number of carbonyl (C=O) groups is 1. The van der Waals surface area contributed by atoms with Crippen LogP contribution in [0.1, 0.15) is 29.8 Å². The first kappa shape index (κ1) is 23.5. The molecule has 0 atom stereocenters. The molecule has 1 amide bonds. The average molecular weight is 444 g/mol. The number of amides is 1. The standard InChI is InChI=1S/C21H24ClF2NO5/c1-12(2)11-29-19-15(22)8-14(9-18(19)28-4)20(26)25-10-13-5-6-16(30-21(23)24)17(7-13)27-3/h5-9,12,21H,10-11H2,1-4H3,(H,25,26). The highest BCUT2D eigenvalue weighted by molar-refractivity contribution is 6.32. The molecule has 30 heavy (non-hydrogen) atoms. The molecule has 0 saturated heterocycles. The molecule has 0 fully saturated rings. The van der Waals surface area contributed by atoms with Crippen molar-refractivity contribution in [2.24, 2.45) is 5.92 Å². The van der Waals surface area contributed by atoms with Gasteiger partial charge >= 0.3 is 6.61 Å². The van der Waals surface area contributed by atoms with Gasteiger partial charge in [0.05, 0.1) is 25.8 Å². The SMILES string of the molecule is COc1cc(CNC(=O)c2cc(Cl)c(OCC(C)C)c(OC)c2)ccc1OC(F)F. The second-order valence-electron chi connectivity index (χ2n) is 6.74. The summed E-state index contributed by atoms with van der Waals surface area (Å²) in [6, 6.07) is 7.45. The maximum absolute atomic E-state index is 12.6. The lowest BCUT2D eigenvalue weighted by atomic mass is 10.1. The van der Waals surface area contributed by atoms with Gasteiger partial charge in [0.25, 0.3) is 5.91 Å². The predicted octanol–water partition coefficient (Wildman–Crippen LogP) is 4.92. The molecule has 0 radical (unpaired) electrons. The lowest BCUT2D eigenvalue weighted by molar-refractivity contribution is -0.0512. The van der Waals surface area contributed by atoms with Crippen LogP contribution in [-0.2, 0) is 6.54 Å². The van der Waals surface area contributed by atoms with Crippen molar-refractivity contribution in [3.63, 3.8) is 0 Å². The Balaban J connectivity index is 2.11. The number of methoxy groups -OCH3 is 2. The van der Waals surface area contributed by atoms with Crippen LogP contribution in [0.2, 0.25) is 5.02 Å². The normalized spacial score (nSPS) is 10.8. The summed E-state index contributed by atoms with van der Waals surface area (Å²) in [6.07, 6.45) is 0. The Morgan fingerprint density at radius 1 is 1.07 bits per heavy atom. The minimum atomic E-state index is -2.96. The molecule has 2 aromatic rings. The van der Waals surface area contributed by atoms with Gasteiger partial charge in [-0.2, -0.15) is 8.78 Å². The molecule has 0 bridgehead atoms. The van der Waals surface area contributed by atoms with Crippen LogP contribution >= 0.6 is 11.6 Å². The molecular weight excluding hydrogens is 420 g/mol. The Bertz CT molecular complexity index is 877. The number of hydrogen-bond acceptors (Lipinski definition) is 5. The van der Waals surface area contributed by atoms with E-state index in [1.54, 1.807) is 6.07 Å². The number of halogens is 3. The zero-order valence-electron chi connectivity index (χ0n) is 17.1. The van der Waals surface area contributed by atoms with E-state index in [2.05, 4.69) is 10.1 Å². The highest BCUT2D eigenvalue weighted by Gasteiger charge is 2.17. The van der Waals surface area contributed by atoms with Gasteiger partial charge in [-0.1, -0.05) is 31.5 Å². The Morgan fingerprint density at radius 2 is 1.77 bits per heavy atom. The molecule has 6 nitrogen and oxygen atoms in total. The van der Waals surface area contributed by atoms with Crippen molar-refractivity contribution in [2.75, 3.05) is 20.8 Å². The third kappa shape index (κ3) is 6.38. The Hall–Kier alpha value is -2.74. The number of hydrogen-bond donors (Lipinski definition) is 1. The number of carbonyl (C=O) groups excluding carboxylic acids is 1. The molecule has 2 aromatic carbocycles. The topological polar surface area (TPSA) is 66.0 Å². The van der Waals surface area contributed by atoms with Crippen LogP contribution in [-0.4, -0.2) is 33.3 Å². The molecule has 1 N–H and O–H groups in total. The van der Waals surface area contributed by atoms with E-state index in [1.165, 1.54) is 38.5 Å². The van der Waals surface area contributed by atoms with Crippen LogP contribution in [0, 0.1) is 5.92 Å². The largest absolute Gasteiger partial charge is 0.493 e.